The number of ether oxygens (including phenoxy) is 1. The summed E-state index contributed by atoms with van der Waals surface area (Å²) in [6.45, 7) is 8.15. The number of carbonyl (C=O) groups is 1. The van der Waals surface area contributed by atoms with Gasteiger partial charge in [-0.15, -0.1) is 0 Å². The number of hydrogen-bond donors (Lipinski definition) is 2. The van der Waals surface area contributed by atoms with Gasteiger partial charge in [-0.05, 0) is 27.2 Å². The highest BCUT2D eigenvalue weighted by Crippen LogP contribution is 2.17. The molecule has 1 aromatic rings. The lowest BCUT2D eigenvalue weighted by Gasteiger charge is -2.22. The standard InChI is InChI=1S/C16H25N3O4/c1-5-13(11-18-15(20)23-16(2,3)4)17-10-12-8-6-7-9-14(12)19(21)22/h6-9,13,17H,5,10-11H2,1-4H3,(H,18,20). The number of benzene rings is 1. The summed E-state index contributed by atoms with van der Waals surface area (Å²) in [5.41, 5.74) is 0.173. The Labute approximate surface area is 136 Å². The van der Waals surface area contributed by atoms with E-state index in [1.165, 1.54) is 6.07 Å². The highest BCUT2D eigenvalue weighted by Gasteiger charge is 2.18. The number of para-hydroxylation sites is 1. The van der Waals surface area contributed by atoms with Gasteiger partial charge in [0.25, 0.3) is 5.69 Å². The molecule has 0 aliphatic heterocycles. The van der Waals surface area contributed by atoms with Gasteiger partial charge in [-0.25, -0.2) is 4.79 Å². The van der Waals surface area contributed by atoms with Crippen molar-refractivity contribution in [1.29, 1.82) is 0 Å². The van der Waals surface area contributed by atoms with E-state index in [2.05, 4.69) is 10.6 Å². The van der Waals surface area contributed by atoms with Gasteiger partial charge in [0.15, 0.2) is 0 Å². The molecule has 0 aliphatic carbocycles. The van der Waals surface area contributed by atoms with Gasteiger partial charge in [-0.1, -0.05) is 25.1 Å². The average molecular weight is 323 g/mol. The fourth-order valence-corrected chi connectivity index (χ4v) is 1.97. The monoisotopic (exact) mass is 323 g/mol. The van der Waals surface area contributed by atoms with Crippen LogP contribution in [0.25, 0.3) is 0 Å². The fourth-order valence-electron chi connectivity index (χ4n) is 1.97. The zero-order valence-corrected chi connectivity index (χ0v) is 14.1. The number of nitro groups is 1. The Bertz CT molecular complexity index is 540. The predicted molar refractivity (Wildman–Crippen MR) is 88.3 cm³/mol. The Kier molecular flexibility index (Phi) is 6.96. The van der Waals surface area contributed by atoms with E-state index < -0.39 is 16.6 Å². The van der Waals surface area contributed by atoms with E-state index in [4.69, 9.17) is 4.74 Å². The maximum Gasteiger partial charge on any atom is 0.407 e. The SMILES string of the molecule is CCC(CNC(=O)OC(C)(C)C)NCc1ccccc1[N+](=O)[O-]. The van der Waals surface area contributed by atoms with Crippen LogP contribution in [0.3, 0.4) is 0 Å². The summed E-state index contributed by atoms with van der Waals surface area (Å²) in [4.78, 5) is 22.2. The molecular formula is C16H25N3O4. The minimum Gasteiger partial charge on any atom is -0.444 e. The minimum absolute atomic E-state index is 0.00216. The Balaban J connectivity index is 2.52. The molecule has 0 saturated carbocycles. The summed E-state index contributed by atoms with van der Waals surface area (Å²) in [5.74, 6) is 0. The van der Waals surface area contributed by atoms with Gasteiger partial charge in [0.2, 0.25) is 0 Å². The summed E-state index contributed by atoms with van der Waals surface area (Å²) in [7, 11) is 0. The Morgan fingerprint density at radius 3 is 2.57 bits per heavy atom. The van der Waals surface area contributed by atoms with E-state index in [1.54, 1.807) is 39.0 Å². The van der Waals surface area contributed by atoms with E-state index in [0.29, 0.717) is 18.7 Å². The molecule has 1 amide bonds. The predicted octanol–water partition coefficient (Wildman–Crippen LogP) is 2.99. The largest absolute Gasteiger partial charge is 0.444 e. The third kappa shape index (κ3) is 7.10. The first-order valence-electron chi connectivity index (χ1n) is 7.65. The molecule has 7 heteroatoms. The summed E-state index contributed by atoms with van der Waals surface area (Å²) < 4.78 is 5.18. The number of nitro benzene ring substituents is 1. The van der Waals surface area contributed by atoms with Crippen molar-refractivity contribution >= 4 is 11.8 Å². The molecule has 2 N–H and O–H groups in total. The van der Waals surface area contributed by atoms with Gasteiger partial charge in [0.1, 0.15) is 5.60 Å². The van der Waals surface area contributed by atoms with Gasteiger partial charge < -0.3 is 15.4 Å². The Morgan fingerprint density at radius 2 is 2.00 bits per heavy atom. The van der Waals surface area contributed by atoms with Crippen molar-refractivity contribution < 1.29 is 14.5 Å². The molecule has 0 heterocycles. The van der Waals surface area contributed by atoms with Crippen molar-refractivity contribution in [2.24, 2.45) is 0 Å². The first-order chi connectivity index (χ1) is 10.7. The second-order valence-corrected chi connectivity index (χ2v) is 6.25. The van der Waals surface area contributed by atoms with Crippen LogP contribution in [0.15, 0.2) is 24.3 Å². The van der Waals surface area contributed by atoms with Gasteiger partial charge >= 0.3 is 6.09 Å². The van der Waals surface area contributed by atoms with Crippen LogP contribution < -0.4 is 10.6 Å². The molecule has 1 unspecified atom stereocenters. The van der Waals surface area contributed by atoms with Crippen molar-refractivity contribution in [1.82, 2.24) is 10.6 Å². The summed E-state index contributed by atoms with van der Waals surface area (Å²) in [5, 5.41) is 16.9. The summed E-state index contributed by atoms with van der Waals surface area (Å²) in [6.07, 6.45) is 0.305. The van der Waals surface area contributed by atoms with Gasteiger partial charge in [-0.2, -0.15) is 0 Å². The number of carbonyl (C=O) groups excluding carboxylic acids is 1. The lowest BCUT2D eigenvalue weighted by atomic mass is 10.1. The molecule has 0 saturated heterocycles. The molecule has 1 atom stereocenters. The molecule has 0 aromatic heterocycles. The number of rotatable bonds is 7. The second-order valence-electron chi connectivity index (χ2n) is 6.25. The van der Waals surface area contributed by atoms with Gasteiger partial charge in [0.05, 0.1) is 4.92 Å². The van der Waals surface area contributed by atoms with Gasteiger partial charge in [0, 0.05) is 30.8 Å². The van der Waals surface area contributed by atoms with Gasteiger partial charge in [-0.3, -0.25) is 10.1 Å². The van der Waals surface area contributed by atoms with Crippen LogP contribution in [0.1, 0.15) is 39.7 Å². The lowest BCUT2D eigenvalue weighted by Crippen LogP contribution is -2.42. The van der Waals surface area contributed by atoms with E-state index in [9.17, 15) is 14.9 Å². The average Bonchev–Trinajstić information content (AvgIpc) is 2.45. The van der Waals surface area contributed by atoms with Crippen LogP contribution in [0, 0.1) is 10.1 Å². The highest BCUT2D eigenvalue weighted by atomic mass is 16.6. The molecule has 0 bridgehead atoms. The number of hydrogen-bond acceptors (Lipinski definition) is 5. The summed E-state index contributed by atoms with van der Waals surface area (Å²) >= 11 is 0. The molecule has 0 spiro atoms. The summed E-state index contributed by atoms with van der Waals surface area (Å²) in [6, 6.07) is 6.62. The number of nitrogens with one attached hydrogen (secondary N) is 2. The van der Waals surface area contributed by atoms with E-state index in [1.807, 2.05) is 6.92 Å². The van der Waals surface area contributed by atoms with Crippen LogP contribution in [-0.4, -0.2) is 29.2 Å². The van der Waals surface area contributed by atoms with Crippen LogP contribution in [0.2, 0.25) is 0 Å². The zero-order chi connectivity index (χ0) is 17.5. The first kappa shape index (κ1) is 18.9. The smallest absolute Gasteiger partial charge is 0.407 e. The zero-order valence-electron chi connectivity index (χ0n) is 14.1. The lowest BCUT2D eigenvalue weighted by molar-refractivity contribution is -0.385. The van der Waals surface area contributed by atoms with E-state index >= 15 is 0 Å². The quantitative estimate of drug-likeness (QED) is 0.594. The van der Waals surface area contributed by atoms with Crippen molar-refractivity contribution in [3.05, 3.63) is 39.9 Å². The van der Waals surface area contributed by atoms with E-state index in [0.717, 1.165) is 6.42 Å². The first-order valence-corrected chi connectivity index (χ1v) is 7.65. The topological polar surface area (TPSA) is 93.5 Å². The third-order valence-electron chi connectivity index (χ3n) is 3.15. The molecule has 0 fully saturated rings. The fraction of sp³-hybridized carbons (Fsp3) is 0.562. The Morgan fingerprint density at radius 1 is 1.35 bits per heavy atom. The molecule has 1 rings (SSSR count). The van der Waals surface area contributed by atoms with E-state index in [-0.39, 0.29) is 11.7 Å². The maximum absolute atomic E-state index is 11.6. The van der Waals surface area contributed by atoms with Crippen LogP contribution >= 0.6 is 0 Å². The molecular weight excluding hydrogens is 298 g/mol. The normalized spacial score (nSPS) is 12.5. The number of alkyl carbamates (subject to hydrolysis) is 1. The molecule has 23 heavy (non-hydrogen) atoms. The minimum atomic E-state index is -0.538. The number of amides is 1. The van der Waals surface area contributed by atoms with Crippen LogP contribution in [-0.2, 0) is 11.3 Å². The second kappa shape index (κ2) is 8.47. The van der Waals surface area contributed by atoms with Crippen molar-refractivity contribution in [3.63, 3.8) is 0 Å². The van der Waals surface area contributed by atoms with Crippen LogP contribution in [0.5, 0.6) is 0 Å². The molecule has 0 radical (unpaired) electrons. The highest BCUT2D eigenvalue weighted by molar-refractivity contribution is 5.67. The van der Waals surface area contributed by atoms with Crippen molar-refractivity contribution in [3.8, 4) is 0 Å². The Hall–Kier alpha value is -2.15. The molecule has 1 aromatic carbocycles. The third-order valence-corrected chi connectivity index (χ3v) is 3.15. The molecule has 0 aliphatic rings. The van der Waals surface area contributed by atoms with Crippen molar-refractivity contribution in [2.45, 2.75) is 52.3 Å². The van der Waals surface area contributed by atoms with Crippen molar-refractivity contribution in [2.75, 3.05) is 6.54 Å². The molecule has 7 nitrogen and oxygen atoms in total. The number of nitrogens with zero attached hydrogens (tertiary/aromatic N) is 1. The maximum atomic E-state index is 11.6. The molecule has 128 valence electrons. The van der Waals surface area contributed by atoms with Crippen LogP contribution in [0.4, 0.5) is 10.5 Å².